The SMILES string of the molecule is OC1CCCc2ccc(OCc3c(F)cccc3Cl)cc21. The molecule has 110 valence electrons. The quantitative estimate of drug-likeness (QED) is 0.909. The predicted octanol–water partition coefficient (Wildman–Crippen LogP) is 4.43. The molecule has 0 amide bonds. The van der Waals surface area contributed by atoms with Crippen molar-refractivity contribution >= 4 is 11.6 Å². The van der Waals surface area contributed by atoms with Gasteiger partial charge in [-0.05, 0) is 54.7 Å². The molecule has 0 aromatic heterocycles. The standard InChI is InChI=1S/C17H16ClFO2/c18-15-4-2-5-16(19)14(15)10-21-12-8-7-11-3-1-6-17(20)13(11)9-12/h2,4-5,7-9,17,20H,1,3,6,10H2. The van der Waals surface area contributed by atoms with Crippen LogP contribution in [0.4, 0.5) is 4.39 Å². The van der Waals surface area contributed by atoms with Gasteiger partial charge in [-0.15, -0.1) is 0 Å². The van der Waals surface area contributed by atoms with E-state index in [2.05, 4.69) is 0 Å². The molecule has 1 aliphatic rings. The molecule has 0 heterocycles. The van der Waals surface area contributed by atoms with Crippen LogP contribution in [-0.4, -0.2) is 5.11 Å². The Kier molecular flexibility index (Phi) is 4.13. The van der Waals surface area contributed by atoms with Crippen LogP contribution in [-0.2, 0) is 13.0 Å². The van der Waals surface area contributed by atoms with Gasteiger partial charge in [-0.2, -0.15) is 0 Å². The molecule has 3 rings (SSSR count). The number of aliphatic hydroxyl groups excluding tert-OH is 1. The molecule has 1 N–H and O–H groups in total. The minimum absolute atomic E-state index is 0.0698. The summed E-state index contributed by atoms with van der Waals surface area (Å²) in [5.74, 6) is 0.245. The Morgan fingerprint density at radius 1 is 1.29 bits per heavy atom. The van der Waals surface area contributed by atoms with E-state index in [0.717, 1.165) is 30.4 Å². The molecule has 0 fully saturated rings. The lowest BCUT2D eigenvalue weighted by Crippen LogP contribution is -2.09. The maximum absolute atomic E-state index is 13.7. The first-order valence-electron chi connectivity index (χ1n) is 7.02. The second kappa shape index (κ2) is 6.04. The van der Waals surface area contributed by atoms with E-state index in [4.69, 9.17) is 16.3 Å². The third-order valence-electron chi connectivity index (χ3n) is 3.84. The van der Waals surface area contributed by atoms with E-state index in [1.807, 2.05) is 18.2 Å². The molecule has 21 heavy (non-hydrogen) atoms. The Balaban J connectivity index is 1.78. The van der Waals surface area contributed by atoms with E-state index in [9.17, 15) is 9.50 Å². The van der Waals surface area contributed by atoms with Gasteiger partial charge in [-0.1, -0.05) is 23.7 Å². The van der Waals surface area contributed by atoms with Crippen molar-refractivity contribution in [1.29, 1.82) is 0 Å². The van der Waals surface area contributed by atoms with Gasteiger partial charge in [-0.25, -0.2) is 4.39 Å². The normalized spacial score (nSPS) is 17.4. The zero-order valence-corrected chi connectivity index (χ0v) is 12.2. The second-order valence-electron chi connectivity index (χ2n) is 5.26. The summed E-state index contributed by atoms with van der Waals surface area (Å²) in [7, 11) is 0. The molecule has 2 aromatic rings. The van der Waals surface area contributed by atoms with Crippen molar-refractivity contribution < 1.29 is 14.2 Å². The van der Waals surface area contributed by atoms with E-state index in [1.165, 1.54) is 6.07 Å². The molecule has 0 spiro atoms. The van der Waals surface area contributed by atoms with Gasteiger partial charge in [-0.3, -0.25) is 0 Å². The highest BCUT2D eigenvalue weighted by atomic mass is 35.5. The van der Waals surface area contributed by atoms with E-state index >= 15 is 0 Å². The molecule has 0 bridgehead atoms. The largest absolute Gasteiger partial charge is 0.489 e. The number of ether oxygens (including phenoxy) is 1. The minimum Gasteiger partial charge on any atom is -0.489 e. The molecule has 0 saturated carbocycles. The van der Waals surface area contributed by atoms with Crippen LogP contribution in [0.15, 0.2) is 36.4 Å². The fourth-order valence-electron chi connectivity index (χ4n) is 2.67. The average molecular weight is 307 g/mol. The fourth-order valence-corrected chi connectivity index (χ4v) is 2.89. The summed E-state index contributed by atoms with van der Waals surface area (Å²) in [6.07, 6.45) is 2.31. The van der Waals surface area contributed by atoms with Crippen LogP contribution in [0, 0.1) is 5.82 Å². The van der Waals surface area contributed by atoms with Crippen molar-refractivity contribution in [2.75, 3.05) is 0 Å². The highest BCUT2D eigenvalue weighted by Gasteiger charge is 2.18. The van der Waals surface area contributed by atoms with Gasteiger partial charge in [0.15, 0.2) is 0 Å². The highest BCUT2D eigenvalue weighted by molar-refractivity contribution is 6.31. The lowest BCUT2D eigenvalue weighted by atomic mass is 9.89. The van der Waals surface area contributed by atoms with Gasteiger partial charge in [0.05, 0.1) is 11.1 Å². The van der Waals surface area contributed by atoms with Crippen LogP contribution in [0.3, 0.4) is 0 Å². The summed E-state index contributed by atoms with van der Waals surface area (Å²) in [5.41, 5.74) is 2.42. The smallest absolute Gasteiger partial charge is 0.131 e. The van der Waals surface area contributed by atoms with E-state index in [1.54, 1.807) is 12.1 Å². The molecule has 4 heteroatoms. The van der Waals surface area contributed by atoms with Crippen molar-refractivity contribution in [1.82, 2.24) is 0 Å². The Bertz CT molecular complexity index is 637. The molecule has 2 nitrogen and oxygen atoms in total. The van der Waals surface area contributed by atoms with Crippen molar-refractivity contribution in [3.05, 3.63) is 63.9 Å². The zero-order valence-electron chi connectivity index (χ0n) is 11.5. The number of aliphatic hydroxyl groups is 1. The van der Waals surface area contributed by atoms with Crippen LogP contribution in [0.5, 0.6) is 5.75 Å². The number of benzene rings is 2. The van der Waals surface area contributed by atoms with Gasteiger partial charge in [0.2, 0.25) is 0 Å². The summed E-state index contributed by atoms with van der Waals surface area (Å²) in [5, 5.41) is 10.4. The monoisotopic (exact) mass is 306 g/mol. The van der Waals surface area contributed by atoms with Crippen LogP contribution in [0.1, 0.15) is 35.6 Å². The van der Waals surface area contributed by atoms with Gasteiger partial charge < -0.3 is 9.84 Å². The predicted molar refractivity (Wildman–Crippen MR) is 80.1 cm³/mol. The number of rotatable bonds is 3. The molecular formula is C17H16ClFO2. The average Bonchev–Trinajstić information content (AvgIpc) is 2.47. The van der Waals surface area contributed by atoms with Gasteiger partial charge in [0.1, 0.15) is 18.2 Å². The van der Waals surface area contributed by atoms with Crippen LogP contribution in [0.2, 0.25) is 5.02 Å². The highest BCUT2D eigenvalue weighted by Crippen LogP contribution is 2.32. The second-order valence-corrected chi connectivity index (χ2v) is 5.66. The first-order chi connectivity index (χ1) is 10.1. The molecule has 1 unspecified atom stereocenters. The number of fused-ring (bicyclic) bond motifs is 1. The van der Waals surface area contributed by atoms with Crippen LogP contribution in [0.25, 0.3) is 0 Å². The zero-order chi connectivity index (χ0) is 14.8. The van der Waals surface area contributed by atoms with Crippen molar-refractivity contribution in [2.24, 2.45) is 0 Å². The van der Waals surface area contributed by atoms with Gasteiger partial charge in [0.25, 0.3) is 0 Å². The Morgan fingerprint density at radius 3 is 2.95 bits per heavy atom. The first kappa shape index (κ1) is 14.4. The third kappa shape index (κ3) is 3.04. The molecule has 2 aromatic carbocycles. The van der Waals surface area contributed by atoms with E-state index < -0.39 is 6.10 Å². The summed E-state index contributed by atoms with van der Waals surface area (Å²) in [6, 6.07) is 10.2. The topological polar surface area (TPSA) is 29.5 Å². The molecule has 1 atom stereocenters. The number of aryl methyl sites for hydroxylation is 1. The summed E-state index contributed by atoms with van der Waals surface area (Å²) in [4.78, 5) is 0. The molecule has 1 aliphatic carbocycles. The Labute approximate surface area is 128 Å². The van der Waals surface area contributed by atoms with Crippen molar-refractivity contribution in [3.63, 3.8) is 0 Å². The maximum atomic E-state index is 13.7. The van der Waals surface area contributed by atoms with Gasteiger partial charge >= 0.3 is 0 Å². The van der Waals surface area contributed by atoms with Gasteiger partial charge in [0, 0.05) is 5.56 Å². The molecular weight excluding hydrogens is 291 g/mol. The fraction of sp³-hybridized carbons (Fsp3) is 0.294. The van der Waals surface area contributed by atoms with E-state index in [-0.39, 0.29) is 12.4 Å². The number of hydrogen-bond acceptors (Lipinski definition) is 2. The maximum Gasteiger partial charge on any atom is 0.131 e. The van der Waals surface area contributed by atoms with Crippen molar-refractivity contribution in [2.45, 2.75) is 32.0 Å². The summed E-state index contributed by atoms with van der Waals surface area (Å²) < 4.78 is 19.3. The van der Waals surface area contributed by atoms with Crippen molar-refractivity contribution in [3.8, 4) is 5.75 Å². The third-order valence-corrected chi connectivity index (χ3v) is 4.20. The lowest BCUT2D eigenvalue weighted by Gasteiger charge is -2.22. The Morgan fingerprint density at radius 2 is 2.14 bits per heavy atom. The molecule has 0 saturated heterocycles. The minimum atomic E-state index is -0.436. The summed E-state index contributed by atoms with van der Waals surface area (Å²) >= 11 is 5.97. The lowest BCUT2D eigenvalue weighted by molar-refractivity contribution is 0.156. The number of hydrogen-bond donors (Lipinski definition) is 1. The molecule has 0 aliphatic heterocycles. The molecule has 0 radical (unpaired) electrons. The van der Waals surface area contributed by atoms with Crippen LogP contribution < -0.4 is 4.74 Å². The Hall–Kier alpha value is -1.58. The summed E-state index contributed by atoms with van der Waals surface area (Å²) in [6.45, 7) is 0.0698. The first-order valence-corrected chi connectivity index (χ1v) is 7.39. The number of halogens is 2. The van der Waals surface area contributed by atoms with Crippen LogP contribution >= 0.6 is 11.6 Å². The van der Waals surface area contributed by atoms with E-state index in [0.29, 0.717) is 16.3 Å².